The highest BCUT2D eigenvalue weighted by Crippen LogP contribution is 2.22. The average Bonchev–Trinajstić information content (AvgIpc) is 3.01. The molecule has 2 aromatic carbocycles. The van der Waals surface area contributed by atoms with E-state index < -0.39 is 0 Å². The zero-order valence-corrected chi connectivity index (χ0v) is 11.5. The summed E-state index contributed by atoms with van der Waals surface area (Å²) >= 11 is 0. The van der Waals surface area contributed by atoms with Crippen molar-refractivity contribution < 1.29 is 4.74 Å². The van der Waals surface area contributed by atoms with Crippen molar-refractivity contribution in [3.63, 3.8) is 0 Å². The maximum Gasteiger partial charge on any atom is 0.127 e. The Morgan fingerprint density at radius 2 is 1.75 bits per heavy atom. The molecular formula is C17H20N2O. The van der Waals surface area contributed by atoms with Crippen LogP contribution >= 0.6 is 0 Å². The van der Waals surface area contributed by atoms with Gasteiger partial charge in [-0.25, -0.2) is 0 Å². The first kappa shape index (κ1) is 13.0. The molecule has 0 aromatic heterocycles. The standard InChI is InChI=1S/C17H20N2O/c1-2-4-16(5-3-1)20-17-8-6-15(7-9-17)19-13-14-10-11-18-12-14/h1-9,14,18-19H,10-13H2. The van der Waals surface area contributed by atoms with Gasteiger partial charge in [0, 0.05) is 12.2 Å². The van der Waals surface area contributed by atoms with Gasteiger partial charge in [-0.2, -0.15) is 0 Å². The SMILES string of the molecule is c1ccc(Oc2ccc(NCC3CCNC3)cc2)cc1. The lowest BCUT2D eigenvalue weighted by Crippen LogP contribution is -2.17. The van der Waals surface area contributed by atoms with Gasteiger partial charge in [-0.3, -0.25) is 0 Å². The Labute approximate surface area is 120 Å². The predicted molar refractivity (Wildman–Crippen MR) is 82.4 cm³/mol. The third kappa shape index (κ3) is 3.52. The molecule has 1 saturated heterocycles. The van der Waals surface area contributed by atoms with Crippen LogP contribution in [0.4, 0.5) is 5.69 Å². The molecule has 0 spiro atoms. The molecule has 1 fully saturated rings. The minimum absolute atomic E-state index is 0.746. The summed E-state index contributed by atoms with van der Waals surface area (Å²) in [6.07, 6.45) is 1.27. The van der Waals surface area contributed by atoms with Gasteiger partial charge in [0.1, 0.15) is 11.5 Å². The van der Waals surface area contributed by atoms with Crippen LogP contribution in [0.1, 0.15) is 6.42 Å². The van der Waals surface area contributed by atoms with Gasteiger partial charge in [0.25, 0.3) is 0 Å². The molecule has 1 heterocycles. The lowest BCUT2D eigenvalue weighted by atomic mass is 10.1. The van der Waals surface area contributed by atoms with Crippen LogP contribution in [0.15, 0.2) is 54.6 Å². The fourth-order valence-corrected chi connectivity index (χ4v) is 2.42. The second kappa shape index (κ2) is 6.44. The monoisotopic (exact) mass is 268 g/mol. The van der Waals surface area contributed by atoms with Crippen LogP contribution in [0.2, 0.25) is 0 Å². The van der Waals surface area contributed by atoms with E-state index in [9.17, 15) is 0 Å². The molecule has 0 amide bonds. The molecule has 3 nitrogen and oxygen atoms in total. The second-order valence-electron chi connectivity index (χ2n) is 5.18. The summed E-state index contributed by atoms with van der Waals surface area (Å²) in [6.45, 7) is 3.31. The normalized spacial score (nSPS) is 17.9. The van der Waals surface area contributed by atoms with Gasteiger partial charge < -0.3 is 15.4 Å². The molecule has 1 aliphatic rings. The molecule has 2 N–H and O–H groups in total. The average molecular weight is 268 g/mol. The number of hydrogen-bond donors (Lipinski definition) is 2. The largest absolute Gasteiger partial charge is 0.457 e. The lowest BCUT2D eigenvalue weighted by Gasteiger charge is -2.12. The molecule has 3 rings (SSSR count). The molecule has 20 heavy (non-hydrogen) atoms. The topological polar surface area (TPSA) is 33.3 Å². The van der Waals surface area contributed by atoms with Gasteiger partial charge in [-0.05, 0) is 61.8 Å². The summed E-state index contributed by atoms with van der Waals surface area (Å²) in [7, 11) is 0. The molecule has 3 heteroatoms. The van der Waals surface area contributed by atoms with Gasteiger partial charge in [-0.15, -0.1) is 0 Å². The Morgan fingerprint density at radius 3 is 2.45 bits per heavy atom. The molecule has 1 aliphatic heterocycles. The molecule has 0 aliphatic carbocycles. The van der Waals surface area contributed by atoms with Crippen LogP contribution in [0.25, 0.3) is 0 Å². The Bertz CT molecular complexity index is 518. The zero-order chi connectivity index (χ0) is 13.6. The van der Waals surface area contributed by atoms with Gasteiger partial charge in [0.15, 0.2) is 0 Å². The summed E-state index contributed by atoms with van der Waals surface area (Å²) in [6, 6.07) is 18.0. The summed E-state index contributed by atoms with van der Waals surface area (Å²) in [5, 5.41) is 6.87. The first-order valence-corrected chi connectivity index (χ1v) is 7.18. The smallest absolute Gasteiger partial charge is 0.127 e. The van der Waals surface area contributed by atoms with E-state index in [1.165, 1.54) is 6.42 Å². The minimum atomic E-state index is 0.746. The second-order valence-corrected chi connectivity index (χ2v) is 5.18. The number of hydrogen-bond acceptors (Lipinski definition) is 3. The fraction of sp³-hybridized carbons (Fsp3) is 0.294. The van der Waals surface area contributed by atoms with Crippen LogP contribution in [0, 0.1) is 5.92 Å². The number of ether oxygens (including phenoxy) is 1. The summed E-state index contributed by atoms with van der Waals surface area (Å²) < 4.78 is 5.77. The number of nitrogens with one attached hydrogen (secondary N) is 2. The van der Waals surface area contributed by atoms with E-state index in [1.54, 1.807) is 0 Å². The number of benzene rings is 2. The van der Waals surface area contributed by atoms with Gasteiger partial charge in [0.2, 0.25) is 0 Å². The zero-order valence-electron chi connectivity index (χ0n) is 11.5. The number of anilines is 1. The summed E-state index contributed by atoms with van der Waals surface area (Å²) in [4.78, 5) is 0. The molecule has 2 aromatic rings. The Hall–Kier alpha value is -2.00. The molecule has 1 unspecified atom stereocenters. The van der Waals surface area contributed by atoms with Crippen LogP contribution in [-0.2, 0) is 0 Å². The maximum absolute atomic E-state index is 5.77. The van der Waals surface area contributed by atoms with E-state index in [4.69, 9.17) is 4.74 Å². The van der Waals surface area contributed by atoms with E-state index in [0.29, 0.717) is 0 Å². The maximum atomic E-state index is 5.77. The van der Waals surface area contributed by atoms with Crippen molar-refractivity contribution in [2.24, 2.45) is 5.92 Å². The summed E-state index contributed by atoms with van der Waals surface area (Å²) in [5.41, 5.74) is 1.15. The highest BCUT2D eigenvalue weighted by atomic mass is 16.5. The Kier molecular flexibility index (Phi) is 4.19. The van der Waals surface area contributed by atoms with E-state index >= 15 is 0 Å². The van der Waals surface area contributed by atoms with E-state index in [1.807, 2.05) is 42.5 Å². The van der Waals surface area contributed by atoms with Crippen molar-refractivity contribution in [2.75, 3.05) is 25.0 Å². The summed E-state index contributed by atoms with van der Waals surface area (Å²) in [5.74, 6) is 2.48. The van der Waals surface area contributed by atoms with Crippen molar-refractivity contribution in [2.45, 2.75) is 6.42 Å². The van der Waals surface area contributed by atoms with Crippen LogP contribution < -0.4 is 15.4 Å². The minimum Gasteiger partial charge on any atom is -0.457 e. The Balaban J connectivity index is 1.54. The third-order valence-corrected chi connectivity index (χ3v) is 3.59. The lowest BCUT2D eigenvalue weighted by molar-refractivity contribution is 0.483. The molecule has 0 bridgehead atoms. The van der Waals surface area contributed by atoms with Crippen LogP contribution in [0.3, 0.4) is 0 Å². The fourth-order valence-electron chi connectivity index (χ4n) is 2.42. The highest BCUT2D eigenvalue weighted by molar-refractivity contribution is 5.47. The first-order valence-electron chi connectivity index (χ1n) is 7.18. The third-order valence-electron chi connectivity index (χ3n) is 3.59. The quantitative estimate of drug-likeness (QED) is 0.870. The van der Waals surface area contributed by atoms with Crippen LogP contribution in [-0.4, -0.2) is 19.6 Å². The van der Waals surface area contributed by atoms with E-state index in [2.05, 4.69) is 22.8 Å². The molecule has 0 saturated carbocycles. The molecular weight excluding hydrogens is 248 g/mol. The number of rotatable bonds is 5. The van der Waals surface area contributed by atoms with E-state index in [0.717, 1.165) is 42.7 Å². The van der Waals surface area contributed by atoms with Gasteiger partial charge in [-0.1, -0.05) is 18.2 Å². The van der Waals surface area contributed by atoms with Gasteiger partial charge in [0.05, 0.1) is 0 Å². The van der Waals surface area contributed by atoms with Gasteiger partial charge >= 0.3 is 0 Å². The number of para-hydroxylation sites is 1. The van der Waals surface area contributed by atoms with Crippen molar-refractivity contribution in [3.8, 4) is 11.5 Å². The van der Waals surface area contributed by atoms with E-state index in [-0.39, 0.29) is 0 Å². The molecule has 0 radical (unpaired) electrons. The molecule has 1 atom stereocenters. The van der Waals surface area contributed by atoms with Crippen molar-refractivity contribution in [3.05, 3.63) is 54.6 Å². The Morgan fingerprint density at radius 1 is 1.00 bits per heavy atom. The van der Waals surface area contributed by atoms with Crippen LogP contribution in [0.5, 0.6) is 11.5 Å². The predicted octanol–water partition coefficient (Wildman–Crippen LogP) is 3.50. The van der Waals surface area contributed by atoms with Crippen molar-refractivity contribution >= 4 is 5.69 Å². The molecule has 104 valence electrons. The highest BCUT2D eigenvalue weighted by Gasteiger charge is 2.13. The van der Waals surface area contributed by atoms with Crippen molar-refractivity contribution in [1.29, 1.82) is 0 Å². The van der Waals surface area contributed by atoms with Crippen molar-refractivity contribution in [1.82, 2.24) is 5.32 Å². The first-order chi connectivity index (χ1) is 9.90.